The molecule has 0 unspecified atom stereocenters. The van der Waals surface area contributed by atoms with Crippen LogP contribution in [0.25, 0.3) is 0 Å². The van der Waals surface area contributed by atoms with Crippen molar-refractivity contribution in [1.29, 1.82) is 0 Å². The van der Waals surface area contributed by atoms with Gasteiger partial charge in [0.1, 0.15) is 5.01 Å². The molecular formula is C12H13ClFN3O2S. The van der Waals surface area contributed by atoms with Crippen LogP contribution in [0.1, 0.15) is 5.01 Å². The van der Waals surface area contributed by atoms with E-state index in [2.05, 4.69) is 15.5 Å². The highest BCUT2D eigenvalue weighted by atomic mass is 35.5. The van der Waals surface area contributed by atoms with Crippen molar-refractivity contribution in [3.63, 3.8) is 0 Å². The molecule has 0 bridgehead atoms. The van der Waals surface area contributed by atoms with Gasteiger partial charge < -0.3 is 14.8 Å². The van der Waals surface area contributed by atoms with Gasteiger partial charge in [-0.05, 0) is 12.1 Å². The Morgan fingerprint density at radius 3 is 3.05 bits per heavy atom. The number of halogens is 2. The van der Waals surface area contributed by atoms with Crippen LogP contribution in [0.2, 0.25) is 5.02 Å². The van der Waals surface area contributed by atoms with E-state index in [4.69, 9.17) is 21.1 Å². The molecule has 0 amide bonds. The highest BCUT2D eigenvalue weighted by Gasteiger charge is 2.11. The summed E-state index contributed by atoms with van der Waals surface area (Å²) in [6, 6.07) is 4.54. The van der Waals surface area contributed by atoms with E-state index in [-0.39, 0.29) is 16.0 Å². The van der Waals surface area contributed by atoms with Crippen LogP contribution < -0.4 is 10.1 Å². The van der Waals surface area contributed by atoms with Gasteiger partial charge in [-0.3, -0.25) is 0 Å². The van der Waals surface area contributed by atoms with E-state index in [1.807, 2.05) is 0 Å². The van der Waals surface area contributed by atoms with Gasteiger partial charge in [-0.15, -0.1) is 5.10 Å². The van der Waals surface area contributed by atoms with Crippen LogP contribution in [-0.2, 0) is 11.3 Å². The molecule has 0 aliphatic carbocycles. The van der Waals surface area contributed by atoms with Gasteiger partial charge in [0, 0.05) is 20.2 Å². The lowest BCUT2D eigenvalue weighted by molar-refractivity contribution is 0.199. The van der Waals surface area contributed by atoms with Crippen molar-refractivity contribution in [3.8, 4) is 10.9 Å². The summed E-state index contributed by atoms with van der Waals surface area (Å²) in [5.41, 5.74) is 0. The normalized spacial score (nSPS) is 10.8. The van der Waals surface area contributed by atoms with Crippen molar-refractivity contribution >= 4 is 22.9 Å². The van der Waals surface area contributed by atoms with Crippen LogP contribution in [0, 0.1) is 5.82 Å². The molecule has 2 rings (SSSR count). The summed E-state index contributed by atoms with van der Waals surface area (Å²) < 4.78 is 23.9. The summed E-state index contributed by atoms with van der Waals surface area (Å²) in [7, 11) is 1.64. The number of hydrogen-bond acceptors (Lipinski definition) is 6. The largest absolute Gasteiger partial charge is 0.427 e. The highest BCUT2D eigenvalue weighted by molar-refractivity contribution is 7.13. The Labute approximate surface area is 124 Å². The van der Waals surface area contributed by atoms with E-state index >= 15 is 0 Å². The van der Waals surface area contributed by atoms with Crippen LogP contribution in [0.15, 0.2) is 18.2 Å². The van der Waals surface area contributed by atoms with E-state index < -0.39 is 5.82 Å². The predicted octanol–water partition coefficient (Wildman–Crippen LogP) is 2.86. The van der Waals surface area contributed by atoms with Crippen LogP contribution >= 0.6 is 22.9 Å². The molecule has 108 valence electrons. The zero-order chi connectivity index (χ0) is 14.4. The molecule has 5 nitrogen and oxygen atoms in total. The fourth-order valence-corrected chi connectivity index (χ4v) is 2.21. The number of nitrogens with zero attached hydrogens (tertiary/aromatic N) is 2. The van der Waals surface area contributed by atoms with Gasteiger partial charge in [-0.1, -0.05) is 34.1 Å². The first-order valence-corrected chi connectivity index (χ1v) is 7.04. The third-order valence-electron chi connectivity index (χ3n) is 2.32. The zero-order valence-electron chi connectivity index (χ0n) is 10.7. The van der Waals surface area contributed by atoms with E-state index in [1.165, 1.54) is 23.5 Å². The van der Waals surface area contributed by atoms with Crippen molar-refractivity contribution in [2.75, 3.05) is 20.3 Å². The molecule has 1 N–H and O–H groups in total. The molecule has 0 saturated heterocycles. The number of hydrogen-bond donors (Lipinski definition) is 1. The van der Waals surface area contributed by atoms with Crippen molar-refractivity contribution in [1.82, 2.24) is 15.5 Å². The van der Waals surface area contributed by atoms with Crippen LogP contribution in [0.3, 0.4) is 0 Å². The van der Waals surface area contributed by atoms with Crippen molar-refractivity contribution in [2.45, 2.75) is 6.54 Å². The molecule has 0 saturated carbocycles. The summed E-state index contributed by atoms with van der Waals surface area (Å²) in [6.07, 6.45) is 0. The minimum atomic E-state index is -0.607. The van der Waals surface area contributed by atoms with Crippen LogP contribution in [0.4, 0.5) is 4.39 Å². The lowest BCUT2D eigenvalue weighted by Gasteiger charge is -2.03. The molecule has 8 heteroatoms. The fraction of sp³-hybridized carbons (Fsp3) is 0.333. The maximum Gasteiger partial charge on any atom is 0.299 e. The third kappa shape index (κ3) is 4.11. The summed E-state index contributed by atoms with van der Waals surface area (Å²) >= 11 is 6.92. The predicted molar refractivity (Wildman–Crippen MR) is 75.0 cm³/mol. The van der Waals surface area contributed by atoms with E-state index in [0.717, 1.165) is 11.6 Å². The minimum absolute atomic E-state index is 0.00784. The van der Waals surface area contributed by atoms with Gasteiger partial charge in [0.2, 0.25) is 0 Å². The minimum Gasteiger partial charge on any atom is -0.427 e. The second-order valence-electron chi connectivity index (χ2n) is 3.79. The molecule has 0 spiro atoms. The van der Waals surface area contributed by atoms with Gasteiger partial charge in [0.05, 0.1) is 11.6 Å². The van der Waals surface area contributed by atoms with Gasteiger partial charge in [-0.25, -0.2) is 4.39 Å². The van der Waals surface area contributed by atoms with Crippen molar-refractivity contribution in [3.05, 3.63) is 34.0 Å². The Kier molecular flexibility index (Phi) is 5.66. The number of nitrogens with one attached hydrogen (secondary N) is 1. The Bertz CT molecular complexity index is 567. The quantitative estimate of drug-likeness (QED) is 0.796. The molecule has 1 aromatic heterocycles. The molecular weight excluding hydrogens is 305 g/mol. The molecule has 0 aliphatic heterocycles. The second kappa shape index (κ2) is 7.49. The second-order valence-corrected chi connectivity index (χ2v) is 5.22. The lowest BCUT2D eigenvalue weighted by Crippen LogP contribution is -2.18. The van der Waals surface area contributed by atoms with E-state index in [1.54, 1.807) is 13.2 Å². The highest BCUT2D eigenvalue weighted by Crippen LogP contribution is 2.30. The van der Waals surface area contributed by atoms with Gasteiger partial charge in [0.15, 0.2) is 11.6 Å². The Morgan fingerprint density at radius 1 is 1.40 bits per heavy atom. The number of benzene rings is 1. The van der Waals surface area contributed by atoms with Crippen molar-refractivity contribution < 1.29 is 13.9 Å². The molecule has 0 radical (unpaired) electrons. The van der Waals surface area contributed by atoms with Gasteiger partial charge in [0.25, 0.3) is 5.19 Å². The van der Waals surface area contributed by atoms with E-state index in [9.17, 15) is 4.39 Å². The van der Waals surface area contributed by atoms with Crippen LogP contribution in [-0.4, -0.2) is 30.5 Å². The third-order valence-corrected chi connectivity index (χ3v) is 3.41. The first-order chi connectivity index (χ1) is 9.70. The summed E-state index contributed by atoms with van der Waals surface area (Å²) in [5, 5.41) is 12.0. The molecule has 1 aromatic carbocycles. The Morgan fingerprint density at radius 2 is 2.25 bits per heavy atom. The van der Waals surface area contributed by atoms with Crippen LogP contribution in [0.5, 0.6) is 10.9 Å². The summed E-state index contributed by atoms with van der Waals surface area (Å²) in [6.45, 7) is 1.90. The maximum absolute atomic E-state index is 13.7. The van der Waals surface area contributed by atoms with Gasteiger partial charge in [-0.2, -0.15) is 0 Å². The summed E-state index contributed by atoms with van der Waals surface area (Å²) in [5.74, 6) is -0.573. The fourth-order valence-electron chi connectivity index (χ4n) is 1.38. The molecule has 0 atom stereocenters. The Hall–Kier alpha value is -1.28. The standard InChI is InChI=1S/C12H13ClFN3O2S/c1-18-6-5-15-7-10-16-17-12(20-10)19-9-4-2-3-8(13)11(9)14/h2-4,15H,5-7H2,1H3. The number of rotatable bonds is 7. The van der Waals surface area contributed by atoms with Crippen molar-refractivity contribution in [2.24, 2.45) is 0 Å². The molecule has 20 heavy (non-hydrogen) atoms. The zero-order valence-corrected chi connectivity index (χ0v) is 12.3. The molecule has 0 fully saturated rings. The average molecular weight is 318 g/mol. The molecule has 1 heterocycles. The monoisotopic (exact) mass is 317 g/mol. The first kappa shape index (κ1) is 15.1. The van der Waals surface area contributed by atoms with Gasteiger partial charge >= 0.3 is 0 Å². The number of aromatic nitrogens is 2. The first-order valence-electron chi connectivity index (χ1n) is 5.84. The average Bonchev–Trinajstić information content (AvgIpc) is 2.88. The molecule has 0 aliphatic rings. The number of methoxy groups -OCH3 is 1. The molecule has 2 aromatic rings. The number of ether oxygens (including phenoxy) is 2. The lowest BCUT2D eigenvalue weighted by atomic mass is 10.3. The topological polar surface area (TPSA) is 56.3 Å². The Balaban J connectivity index is 1.94. The summed E-state index contributed by atoms with van der Waals surface area (Å²) in [4.78, 5) is 0. The smallest absolute Gasteiger partial charge is 0.299 e. The SMILES string of the molecule is COCCNCc1nnc(Oc2cccc(Cl)c2F)s1. The maximum atomic E-state index is 13.7. The van der Waals surface area contributed by atoms with E-state index in [0.29, 0.717) is 13.2 Å².